The molecule has 0 bridgehead atoms. The van der Waals surface area contributed by atoms with Crippen LogP contribution >= 0.6 is 11.6 Å². The van der Waals surface area contributed by atoms with Gasteiger partial charge in [-0.1, -0.05) is 68.8 Å². The van der Waals surface area contributed by atoms with Gasteiger partial charge in [0, 0.05) is 18.1 Å². The van der Waals surface area contributed by atoms with Crippen molar-refractivity contribution in [3.8, 4) is 5.75 Å². The number of anilines is 1. The zero-order valence-corrected chi connectivity index (χ0v) is 25.5. The molecule has 8 nitrogen and oxygen atoms in total. The molecule has 0 aliphatic rings. The molecule has 0 heterocycles. The smallest absolute Gasteiger partial charge is 0.264 e. The molecule has 0 saturated carbocycles. The first-order valence-electron chi connectivity index (χ1n) is 13.7. The Hall–Kier alpha value is -3.56. The summed E-state index contributed by atoms with van der Waals surface area (Å²) < 4.78 is 34.4. The summed E-state index contributed by atoms with van der Waals surface area (Å²) in [6.07, 6.45) is 0.330. The van der Waals surface area contributed by atoms with Gasteiger partial charge in [0.25, 0.3) is 10.0 Å². The fraction of sp³-hybridized carbons (Fsp3) is 0.355. The van der Waals surface area contributed by atoms with Crippen LogP contribution in [0.15, 0.2) is 83.8 Å². The number of carbonyl (C=O) groups excluding carboxylic acids is 2. The summed E-state index contributed by atoms with van der Waals surface area (Å²) >= 11 is 6.44. The maximum Gasteiger partial charge on any atom is 0.264 e. The second-order valence-electron chi connectivity index (χ2n) is 9.93. The first-order chi connectivity index (χ1) is 19.6. The van der Waals surface area contributed by atoms with Crippen LogP contribution in [-0.2, 0) is 26.2 Å². The van der Waals surface area contributed by atoms with E-state index >= 15 is 0 Å². The number of carbonyl (C=O) groups is 2. The molecular formula is C31H38ClN3O5S. The van der Waals surface area contributed by atoms with Crippen molar-refractivity contribution in [3.05, 3.63) is 89.4 Å². The first kappa shape index (κ1) is 32.0. The lowest BCUT2D eigenvalue weighted by Gasteiger charge is -2.33. The molecule has 0 aromatic heterocycles. The fourth-order valence-corrected chi connectivity index (χ4v) is 5.89. The summed E-state index contributed by atoms with van der Waals surface area (Å²) in [5, 5.41) is 3.36. The number of nitrogens with one attached hydrogen (secondary N) is 1. The average Bonchev–Trinajstić information content (AvgIpc) is 2.96. The molecular weight excluding hydrogens is 562 g/mol. The molecule has 3 rings (SSSR count). The van der Waals surface area contributed by atoms with E-state index in [-0.39, 0.29) is 23.3 Å². The van der Waals surface area contributed by atoms with Crippen molar-refractivity contribution in [1.29, 1.82) is 0 Å². The molecule has 1 unspecified atom stereocenters. The number of benzene rings is 3. The summed E-state index contributed by atoms with van der Waals surface area (Å²) in [4.78, 5) is 28.8. The minimum Gasteiger partial charge on any atom is -0.494 e. The second kappa shape index (κ2) is 14.9. The minimum absolute atomic E-state index is 0.0111. The Bertz CT molecular complexity index is 1400. The first-order valence-corrected chi connectivity index (χ1v) is 15.5. The van der Waals surface area contributed by atoms with E-state index < -0.39 is 28.5 Å². The van der Waals surface area contributed by atoms with Gasteiger partial charge in [-0.15, -0.1) is 0 Å². The molecule has 1 atom stereocenters. The van der Waals surface area contributed by atoms with Gasteiger partial charge in [-0.2, -0.15) is 0 Å². The quantitative estimate of drug-likeness (QED) is 0.263. The van der Waals surface area contributed by atoms with E-state index in [1.54, 1.807) is 66.7 Å². The molecule has 0 fully saturated rings. The van der Waals surface area contributed by atoms with Crippen LogP contribution in [0, 0.1) is 5.92 Å². The van der Waals surface area contributed by atoms with Crippen molar-refractivity contribution in [2.75, 3.05) is 24.0 Å². The molecule has 41 heavy (non-hydrogen) atoms. The number of para-hydroxylation sites is 1. The molecule has 2 amide bonds. The standard InChI is InChI=1S/C31H38ClN3O5S/c1-5-29(31(37)33-20-23(3)4)34(21-24-12-10-11-15-28(24)32)30(36)22-35(25-13-8-7-9-14-25)41(38,39)27-18-16-26(17-19-27)40-6-2/h7-19,23,29H,5-6,20-22H2,1-4H3,(H,33,37). The maximum absolute atomic E-state index is 14.1. The lowest BCUT2D eigenvalue weighted by molar-refractivity contribution is -0.140. The predicted molar refractivity (Wildman–Crippen MR) is 163 cm³/mol. The van der Waals surface area contributed by atoms with E-state index in [1.165, 1.54) is 17.0 Å². The zero-order chi connectivity index (χ0) is 30.0. The number of halogens is 1. The van der Waals surface area contributed by atoms with Crippen LogP contribution < -0.4 is 14.4 Å². The number of rotatable bonds is 14. The van der Waals surface area contributed by atoms with Crippen molar-refractivity contribution < 1.29 is 22.7 Å². The summed E-state index contributed by atoms with van der Waals surface area (Å²) in [7, 11) is -4.17. The Balaban J connectivity index is 2.02. The van der Waals surface area contributed by atoms with E-state index in [4.69, 9.17) is 16.3 Å². The molecule has 3 aromatic rings. The highest BCUT2D eigenvalue weighted by Crippen LogP contribution is 2.26. The van der Waals surface area contributed by atoms with Crippen LogP contribution in [0.2, 0.25) is 5.02 Å². The number of amides is 2. The van der Waals surface area contributed by atoms with Gasteiger partial charge < -0.3 is 15.0 Å². The molecule has 10 heteroatoms. The van der Waals surface area contributed by atoms with Gasteiger partial charge in [-0.3, -0.25) is 13.9 Å². The van der Waals surface area contributed by atoms with Crippen molar-refractivity contribution in [1.82, 2.24) is 10.2 Å². The Morgan fingerprint density at radius 1 is 0.927 bits per heavy atom. The molecule has 0 spiro atoms. The topological polar surface area (TPSA) is 96.0 Å². The third-order valence-corrected chi connectivity index (χ3v) is 8.57. The molecule has 1 N–H and O–H groups in total. The Labute approximate surface area is 248 Å². The van der Waals surface area contributed by atoms with Crippen LogP contribution in [0.5, 0.6) is 5.75 Å². The molecule has 0 saturated heterocycles. The number of hydrogen-bond acceptors (Lipinski definition) is 5. The van der Waals surface area contributed by atoms with E-state index in [1.807, 2.05) is 27.7 Å². The maximum atomic E-state index is 14.1. The lowest BCUT2D eigenvalue weighted by Crippen LogP contribution is -2.52. The highest BCUT2D eigenvalue weighted by Gasteiger charge is 2.34. The normalized spacial score (nSPS) is 12.0. The Kier molecular flexibility index (Phi) is 11.6. The van der Waals surface area contributed by atoms with E-state index in [0.717, 1.165) is 4.31 Å². The van der Waals surface area contributed by atoms with Crippen LogP contribution in [0.25, 0.3) is 0 Å². The van der Waals surface area contributed by atoms with Crippen molar-refractivity contribution in [2.24, 2.45) is 5.92 Å². The minimum atomic E-state index is -4.17. The van der Waals surface area contributed by atoms with Gasteiger partial charge in [0.05, 0.1) is 17.2 Å². The SMILES string of the molecule is CCOc1ccc(S(=O)(=O)N(CC(=O)N(Cc2ccccc2Cl)C(CC)C(=O)NCC(C)C)c2ccccc2)cc1. The van der Waals surface area contributed by atoms with Crippen LogP contribution in [0.3, 0.4) is 0 Å². The van der Waals surface area contributed by atoms with E-state index in [9.17, 15) is 18.0 Å². The average molecular weight is 600 g/mol. The van der Waals surface area contributed by atoms with Crippen LogP contribution in [-0.4, -0.2) is 50.9 Å². The molecule has 3 aromatic carbocycles. The van der Waals surface area contributed by atoms with E-state index in [0.29, 0.717) is 41.6 Å². The Morgan fingerprint density at radius 2 is 1.56 bits per heavy atom. The molecule has 0 radical (unpaired) electrons. The second-order valence-corrected chi connectivity index (χ2v) is 12.2. The number of hydrogen-bond donors (Lipinski definition) is 1. The third-order valence-electron chi connectivity index (χ3n) is 6.41. The monoisotopic (exact) mass is 599 g/mol. The predicted octanol–water partition coefficient (Wildman–Crippen LogP) is 5.51. The van der Waals surface area contributed by atoms with Crippen LogP contribution in [0.1, 0.15) is 39.7 Å². The van der Waals surface area contributed by atoms with Gasteiger partial charge in [-0.25, -0.2) is 8.42 Å². The lowest BCUT2D eigenvalue weighted by atomic mass is 10.1. The zero-order valence-electron chi connectivity index (χ0n) is 23.9. The number of nitrogens with zero attached hydrogens (tertiary/aromatic N) is 2. The summed E-state index contributed by atoms with van der Waals surface area (Å²) in [5.74, 6) is -0.0769. The number of ether oxygens (including phenoxy) is 1. The summed E-state index contributed by atoms with van der Waals surface area (Å²) in [5.41, 5.74) is 0.975. The van der Waals surface area contributed by atoms with Crippen molar-refractivity contribution in [2.45, 2.75) is 51.6 Å². The highest BCUT2D eigenvalue weighted by atomic mass is 35.5. The molecule has 0 aliphatic heterocycles. The van der Waals surface area contributed by atoms with Gasteiger partial charge in [0.2, 0.25) is 11.8 Å². The fourth-order valence-electron chi connectivity index (χ4n) is 4.28. The van der Waals surface area contributed by atoms with Gasteiger partial charge >= 0.3 is 0 Å². The molecule has 220 valence electrons. The highest BCUT2D eigenvalue weighted by molar-refractivity contribution is 7.92. The summed E-state index contributed by atoms with van der Waals surface area (Å²) in [6.45, 7) is 8.05. The van der Waals surface area contributed by atoms with Crippen molar-refractivity contribution >= 4 is 39.1 Å². The van der Waals surface area contributed by atoms with Gasteiger partial charge in [0.15, 0.2) is 0 Å². The number of sulfonamides is 1. The summed E-state index contributed by atoms with van der Waals surface area (Å²) in [6, 6.07) is 20.8. The van der Waals surface area contributed by atoms with Crippen LogP contribution in [0.4, 0.5) is 5.69 Å². The van der Waals surface area contributed by atoms with Crippen molar-refractivity contribution in [3.63, 3.8) is 0 Å². The van der Waals surface area contributed by atoms with E-state index in [2.05, 4.69) is 5.32 Å². The van der Waals surface area contributed by atoms with Gasteiger partial charge in [-0.05, 0) is 67.3 Å². The largest absolute Gasteiger partial charge is 0.494 e. The van der Waals surface area contributed by atoms with Gasteiger partial charge in [0.1, 0.15) is 18.3 Å². The molecule has 0 aliphatic carbocycles. The Morgan fingerprint density at radius 3 is 2.15 bits per heavy atom. The third kappa shape index (κ3) is 8.47.